The molecule has 0 radical (unpaired) electrons. The SMILES string of the molecule is O=[N+]([O-])c1cccnc1Nc1cnc(Oc2cccc(OC(F)(F)F)c2)cn1. The highest BCUT2D eigenvalue weighted by molar-refractivity contribution is 5.62. The molecule has 2 heterocycles. The van der Waals surface area contributed by atoms with Gasteiger partial charge in [0.05, 0.1) is 17.3 Å². The molecule has 0 saturated heterocycles. The van der Waals surface area contributed by atoms with Crippen LogP contribution in [-0.2, 0) is 0 Å². The van der Waals surface area contributed by atoms with E-state index in [0.29, 0.717) is 0 Å². The number of nitro groups is 1. The van der Waals surface area contributed by atoms with Gasteiger partial charge in [0, 0.05) is 18.3 Å². The van der Waals surface area contributed by atoms with Crippen molar-refractivity contribution in [1.29, 1.82) is 0 Å². The Balaban J connectivity index is 1.70. The predicted molar refractivity (Wildman–Crippen MR) is 89.4 cm³/mol. The van der Waals surface area contributed by atoms with Crippen LogP contribution in [0.5, 0.6) is 17.4 Å². The van der Waals surface area contributed by atoms with E-state index >= 15 is 0 Å². The van der Waals surface area contributed by atoms with Crippen molar-refractivity contribution in [3.63, 3.8) is 0 Å². The maximum Gasteiger partial charge on any atom is 0.573 e. The summed E-state index contributed by atoms with van der Waals surface area (Å²) < 4.78 is 45.9. The zero-order chi connectivity index (χ0) is 20.1. The maximum atomic E-state index is 12.3. The van der Waals surface area contributed by atoms with Crippen molar-refractivity contribution in [2.24, 2.45) is 0 Å². The Labute approximate surface area is 154 Å². The Kier molecular flexibility index (Phi) is 5.20. The van der Waals surface area contributed by atoms with Crippen LogP contribution in [0.4, 0.5) is 30.5 Å². The molecule has 0 fully saturated rings. The third kappa shape index (κ3) is 5.03. The van der Waals surface area contributed by atoms with Crippen LogP contribution < -0.4 is 14.8 Å². The van der Waals surface area contributed by atoms with E-state index in [4.69, 9.17) is 4.74 Å². The van der Waals surface area contributed by atoms with Gasteiger partial charge in [-0.3, -0.25) is 10.1 Å². The molecule has 2 aromatic heterocycles. The van der Waals surface area contributed by atoms with Crippen LogP contribution in [0, 0.1) is 10.1 Å². The number of ether oxygens (including phenoxy) is 2. The van der Waals surface area contributed by atoms with E-state index in [9.17, 15) is 23.3 Å². The van der Waals surface area contributed by atoms with Crippen LogP contribution in [0.3, 0.4) is 0 Å². The van der Waals surface area contributed by atoms with Crippen LogP contribution in [0.15, 0.2) is 55.0 Å². The molecule has 1 aromatic carbocycles. The molecule has 0 aliphatic heterocycles. The molecule has 0 bridgehead atoms. The number of hydrogen-bond donors (Lipinski definition) is 1. The van der Waals surface area contributed by atoms with Crippen LogP contribution in [-0.4, -0.2) is 26.2 Å². The number of benzene rings is 1. The van der Waals surface area contributed by atoms with Crippen LogP contribution in [0.25, 0.3) is 0 Å². The molecule has 12 heteroatoms. The fourth-order valence-electron chi connectivity index (χ4n) is 2.05. The Morgan fingerprint density at radius 2 is 1.82 bits per heavy atom. The second kappa shape index (κ2) is 7.73. The molecule has 1 N–H and O–H groups in total. The molecule has 0 saturated carbocycles. The number of pyridine rings is 1. The van der Waals surface area contributed by atoms with Gasteiger partial charge in [-0.2, -0.15) is 0 Å². The van der Waals surface area contributed by atoms with Crippen molar-refractivity contribution in [2.45, 2.75) is 6.36 Å². The molecule has 144 valence electrons. The van der Waals surface area contributed by atoms with Gasteiger partial charge >= 0.3 is 12.0 Å². The molecule has 0 aliphatic rings. The van der Waals surface area contributed by atoms with Gasteiger partial charge in [-0.05, 0) is 18.2 Å². The largest absolute Gasteiger partial charge is 0.573 e. The van der Waals surface area contributed by atoms with E-state index in [0.717, 1.165) is 12.1 Å². The number of rotatable bonds is 6. The van der Waals surface area contributed by atoms with Gasteiger partial charge in [0.2, 0.25) is 11.7 Å². The lowest BCUT2D eigenvalue weighted by Gasteiger charge is -2.10. The van der Waals surface area contributed by atoms with E-state index in [1.807, 2.05) is 0 Å². The van der Waals surface area contributed by atoms with E-state index < -0.39 is 17.0 Å². The molecule has 3 aromatic rings. The molecule has 0 atom stereocenters. The Morgan fingerprint density at radius 1 is 1.04 bits per heavy atom. The minimum Gasteiger partial charge on any atom is -0.437 e. The monoisotopic (exact) mass is 393 g/mol. The average molecular weight is 393 g/mol. The number of aromatic nitrogens is 3. The summed E-state index contributed by atoms with van der Waals surface area (Å²) in [7, 11) is 0. The lowest BCUT2D eigenvalue weighted by Crippen LogP contribution is -2.17. The fourth-order valence-corrected chi connectivity index (χ4v) is 2.05. The van der Waals surface area contributed by atoms with E-state index in [1.165, 1.54) is 42.9 Å². The number of halogens is 3. The van der Waals surface area contributed by atoms with Gasteiger partial charge in [-0.15, -0.1) is 13.2 Å². The summed E-state index contributed by atoms with van der Waals surface area (Å²) in [6.07, 6.45) is -1.03. The van der Waals surface area contributed by atoms with Gasteiger partial charge in [0.25, 0.3) is 0 Å². The average Bonchev–Trinajstić information content (AvgIpc) is 2.62. The number of anilines is 2. The van der Waals surface area contributed by atoms with Gasteiger partial charge in [0.1, 0.15) is 11.5 Å². The van der Waals surface area contributed by atoms with Crippen LogP contribution >= 0.6 is 0 Å². The van der Waals surface area contributed by atoms with Crippen molar-refractivity contribution in [2.75, 3.05) is 5.32 Å². The number of nitrogens with one attached hydrogen (secondary N) is 1. The molecule has 9 nitrogen and oxygen atoms in total. The molecule has 3 rings (SSSR count). The number of alkyl halides is 3. The predicted octanol–water partition coefficient (Wildman–Crippen LogP) is 4.21. The summed E-state index contributed by atoms with van der Waals surface area (Å²) in [6.45, 7) is 0. The molecule has 28 heavy (non-hydrogen) atoms. The maximum absolute atomic E-state index is 12.3. The first kappa shape index (κ1) is 18.8. The minimum atomic E-state index is -4.82. The first-order valence-electron chi connectivity index (χ1n) is 7.52. The van der Waals surface area contributed by atoms with Gasteiger partial charge in [0.15, 0.2) is 5.82 Å². The molecular formula is C16H10F3N5O4. The number of hydrogen-bond acceptors (Lipinski definition) is 8. The number of nitrogens with zero attached hydrogens (tertiary/aromatic N) is 4. The second-order valence-corrected chi connectivity index (χ2v) is 5.12. The van der Waals surface area contributed by atoms with Gasteiger partial charge < -0.3 is 14.8 Å². The summed E-state index contributed by atoms with van der Waals surface area (Å²) >= 11 is 0. The topological polar surface area (TPSA) is 112 Å². The van der Waals surface area contributed by atoms with E-state index in [1.54, 1.807) is 0 Å². The molecular weight excluding hydrogens is 383 g/mol. The highest BCUT2D eigenvalue weighted by Crippen LogP contribution is 2.28. The van der Waals surface area contributed by atoms with Crippen molar-refractivity contribution in [3.8, 4) is 17.4 Å². The Bertz CT molecular complexity index is 983. The summed E-state index contributed by atoms with van der Waals surface area (Å²) in [6, 6.07) is 7.59. The van der Waals surface area contributed by atoms with Crippen molar-refractivity contribution >= 4 is 17.3 Å². The Morgan fingerprint density at radius 3 is 2.50 bits per heavy atom. The fraction of sp³-hybridized carbons (Fsp3) is 0.0625. The lowest BCUT2D eigenvalue weighted by molar-refractivity contribution is -0.384. The molecule has 0 spiro atoms. The molecule has 0 unspecified atom stereocenters. The normalized spacial score (nSPS) is 11.0. The van der Waals surface area contributed by atoms with Crippen LogP contribution in [0.1, 0.15) is 0 Å². The third-order valence-corrected chi connectivity index (χ3v) is 3.12. The van der Waals surface area contributed by atoms with E-state index in [-0.39, 0.29) is 29.0 Å². The van der Waals surface area contributed by atoms with Crippen LogP contribution in [0.2, 0.25) is 0 Å². The summed E-state index contributed by atoms with van der Waals surface area (Å²) in [5, 5.41) is 13.6. The zero-order valence-electron chi connectivity index (χ0n) is 13.8. The van der Waals surface area contributed by atoms with Crippen molar-refractivity contribution in [1.82, 2.24) is 15.0 Å². The van der Waals surface area contributed by atoms with Crippen molar-refractivity contribution in [3.05, 3.63) is 65.1 Å². The summed E-state index contributed by atoms with van der Waals surface area (Å²) in [5.74, 6) is -0.267. The smallest absolute Gasteiger partial charge is 0.437 e. The third-order valence-electron chi connectivity index (χ3n) is 3.12. The van der Waals surface area contributed by atoms with Gasteiger partial charge in [-0.25, -0.2) is 15.0 Å². The highest BCUT2D eigenvalue weighted by Gasteiger charge is 2.31. The quantitative estimate of drug-likeness (QED) is 0.489. The summed E-state index contributed by atoms with van der Waals surface area (Å²) in [4.78, 5) is 22.2. The van der Waals surface area contributed by atoms with Gasteiger partial charge in [-0.1, -0.05) is 6.07 Å². The zero-order valence-corrected chi connectivity index (χ0v) is 13.8. The lowest BCUT2D eigenvalue weighted by atomic mass is 10.3. The van der Waals surface area contributed by atoms with E-state index in [2.05, 4.69) is 25.0 Å². The highest BCUT2D eigenvalue weighted by atomic mass is 19.4. The summed E-state index contributed by atoms with van der Waals surface area (Å²) in [5.41, 5.74) is -0.244. The van der Waals surface area contributed by atoms with Crippen molar-refractivity contribution < 1.29 is 27.6 Å². The molecule has 0 aliphatic carbocycles. The second-order valence-electron chi connectivity index (χ2n) is 5.12. The first-order valence-corrected chi connectivity index (χ1v) is 7.52. The minimum absolute atomic E-state index is 0.00905. The first-order chi connectivity index (χ1) is 13.3. The standard InChI is InChI=1S/C16H10F3N5O4/c17-16(18,19)28-11-4-1-3-10(7-11)27-14-9-21-13(8-22-14)23-15-12(24(25)26)5-2-6-20-15/h1-9H,(H,20,21,23). The Hall–Kier alpha value is -3.96. The molecule has 0 amide bonds.